The van der Waals surface area contributed by atoms with Crippen LogP contribution in [-0.2, 0) is 17.6 Å². The highest BCUT2D eigenvalue weighted by atomic mass is 19.4. The molecule has 2 atom stereocenters. The summed E-state index contributed by atoms with van der Waals surface area (Å²) >= 11 is 0. The highest BCUT2D eigenvalue weighted by Gasteiger charge is 2.40. The lowest BCUT2D eigenvalue weighted by Gasteiger charge is -2.24. The molecule has 1 amide bonds. The molecular weight excluding hydrogens is 247 g/mol. The average Bonchev–Trinajstić information content (AvgIpc) is 2.68. The van der Waals surface area contributed by atoms with Crippen molar-refractivity contribution in [2.24, 2.45) is 11.7 Å². The number of halogens is 3. The number of hydrogen-bond acceptors (Lipinski definition) is 2. The van der Waals surface area contributed by atoms with E-state index in [1.807, 2.05) is 0 Å². The number of primary amides is 1. The smallest absolute Gasteiger partial charge is 0.369 e. The number of amides is 1. The third-order valence-corrected chi connectivity index (χ3v) is 3.43. The number of carbonyl (C=O) groups excluding carboxylic acids is 1. The third-order valence-electron chi connectivity index (χ3n) is 3.43. The molecule has 0 saturated carbocycles. The van der Waals surface area contributed by atoms with Crippen LogP contribution in [0.4, 0.5) is 13.2 Å². The fraction of sp³-hybridized carbons (Fsp3) is 0.636. The zero-order valence-corrected chi connectivity index (χ0v) is 9.87. The molecule has 1 aromatic rings. The van der Waals surface area contributed by atoms with Gasteiger partial charge in [-0.2, -0.15) is 18.3 Å². The molecule has 0 spiro atoms. The van der Waals surface area contributed by atoms with Crippen LogP contribution in [0.1, 0.15) is 30.6 Å². The van der Waals surface area contributed by atoms with E-state index in [2.05, 4.69) is 5.10 Å². The number of aromatic nitrogens is 2. The number of alkyl halides is 3. The maximum absolute atomic E-state index is 12.7. The first kappa shape index (κ1) is 12.9. The maximum Gasteiger partial charge on any atom is 0.410 e. The van der Waals surface area contributed by atoms with E-state index in [-0.39, 0.29) is 6.42 Å². The summed E-state index contributed by atoms with van der Waals surface area (Å²) in [5.41, 5.74) is 6.48. The van der Waals surface area contributed by atoms with Gasteiger partial charge in [0.1, 0.15) is 6.04 Å². The number of hydrogen-bond donors (Lipinski definition) is 1. The number of carbonyl (C=O) groups is 1. The van der Waals surface area contributed by atoms with Crippen molar-refractivity contribution in [2.75, 3.05) is 0 Å². The first-order valence-electron chi connectivity index (χ1n) is 5.72. The molecule has 1 aromatic heterocycles. The summed E-state index contributed by atoms with van der Waals surface area (Å²) in [5.74, 6) is -0.860. The second-order valence-electron chi connectivity index (χ2n) is 4.62. The molecule has 1 aliphatic carbocycles. The summed E-state index contributed by atoms with van der Waals surface area (Å²) in [7, 11) is 0. The molecule has 0 saturated heterocycles. The van der Waals surface area contributed by atoms with Crippen LogP contribution in [0.3, 0.4) is 0 Å². The van der Waals surface area contributed by atoms with Gasteiger partial charge in [0.2, 0.25) is 5.91 Å². The van der Waals surface area contributed by atoms with Crippen molar-refractivity contribution in [3.63, 3.8) is 0 Å². The Bertz CT molecular complexity index is 467. The van der Waals surface area contributed by atoms with Gasteiger partial charge in [-0.1, -0.05) is 0 Å². The van der Waals surface area contributed by atoms with Crippen molar-refractivity contribution in [3.05, 3.63) is 17.5 Å². The van der Waals surface area contributed by atoms with E-state index >= 15 is 0 Å². The van der Waals surface area contributed by atoms with Crippen LogP contribution in [0.25, 0.3) is 0 Å². The molecule has 7 heteroatoms. The Morgan fingerprint density at radius 1 is 1.61 bits per heavy atom. The van der Waals surface area contributed by atoms with Gasteiger partial charge in [-0.3, -0.25) is 9.48 Å². The predicted molar refractivity (Wildman–Crippen MR) is 57.7 cm³/mol. The van der Waals surface area contributed by atoms with Crippen molar-refractivity contribution < 1.29 is 18.0 Å². The number of nitrogens with zero attached hydrogens (tertiary/aromatic N) is 2. The molecule has 2 rings (SSSR count). The van der Waals surface area contributed by atoms with Gasteiger partial charge in [-0.15, -0.1) is 0 Å². The fourth-order valence-corrected chi connectivity index (χ4v) is 2.24. The molecule has 1 unspecified atom stereocenters. The number of nitrogens with two attached hydrogens (primary N) is 1. The Morgan fingerprint density at radius 3 is 2.83 bits per heavy atom. The van der Waals surface area contributed by atoms with Gasteiger partial charge in [-0.25, -0.2) is 0 Å². The van der Waals surface area contributed by atoms with E-state index in [0.29, 0.717) is 18.5 Å². The minimum absolute atomic E-state index is 0.241. The lowest BCUT2D eigenvalue weighted by Crippen LogP contribution is -2.32. The van der Waals surface area contributed by atoms with E-state index in [1.54, 1.807) is 0 Å². The number of aryl methyl sites for hydroxylation is 1. The molecule has 0 radical (unpaired) electrons. The first-order chi connectivity index (χ1) is 8.30. The zero-order chi connectivity index (χ0) is 13.5. The summed E-state index contributed by atoms with van der Waals surface area (Å²) in [5, 5.41) is 3.80. The van der Waals surface area contributed by atoms with Crippen LogP contribution < -0.4 is 5.73 Å². The Morgan fingerprint density at radius 2 is 2.28 bits per heavy atom. The highest BCUT2D eigenvalue weighted by molar-refractivity contribution is 5.77. The normalized spacial score (nSPS) is 21.4. The van der Waals surface area contributed by atoms with Crippen LogP contribution >= 0.6 is 0 Å². The van der Waals surface area contributed by atoms with Gasteiger partial charge in [0.05, 0.1) is 6.20 Å². The summed E-state index contributed by atoms with van der Waals surface area (Å²) in [6, 6.07) is -1.69. The third kappa shape index (κ3) is 2.21. The predicted octanol–water partition coefficient (Wildman–Crippen LogP) is 1.60. The molecule has 1 heterocycles. The fourth-order valence-electron chi connectivity index (χ4n) is 2.24. The van der Waals surface area contributed by atoms with Gasteiger partial charge in [-0.05, 0) is 25.3 Å². The van der Waals surface area contributed by atoms with Crippen LogP contribution in [-0.4, -0.2) is 21.9 Å². The second-order valence-corrected chi connectivity index (χ2v) is 4.62. The maximum atomic E-state index is 12.7. The molecule has 100 valence electrons. The lowest BCUT2D eigenvalue weighted by molar-refractivity contribution is -0.165. The minimum atomic E-state index is -4.35. The van der Waals surface area contributed by atoms with Crippen molar-refractivity contribution in [1.82, 2.24) is 9.78 Å². The Labute approximate surface area is 102 Å². The van der Waals surface area contributed by atoms with Crippen LogP contribution in [0.15, 0.2) is 6.20 Å². The minimum Gasteiger partial charge on any atom is -0.369 e. The number of rotatable bonds is 2. The van der Waals surface area contributed by atoms with E-state index < -0.39 is 24.0 Å². The first-order valence-corrected chi connectivity index (χ1v) is 5.72. The standard InChI is InChI=1S/C11H14F3N3O/c1-6(11(12,13)14)17-9-4-7(10(15)18)2-3-8(9)5-16-17/h5-7H,2-4H2,1H3,(H2,15,18)/t6-,7?/m1/s1. The monoisotopic (exact) mass is 261 g/mol. The van der Waals surface area contributed by atoms with Gasteiger partial charge in [0.25, 0.3) is 0 Å². The van der Waals surface area contributed by atoms with Gasteiger partial charge in [0, 0.05) is 18.0 Å². The molecule has 0 fully saturated rings. The van der Waals surface area contributed by atoms with E-state index in [0.717, 1.165) is 17.2 Å². The zero-order valence-electron chi connectivity index (χ0n) is 9.87. The molecule has 4 nitrogen and oxygen atoms in total. The average molecular weight is 261 g/mol. The van der Waals surface area contributed by atoms with Crippen LogP contribution in [0, 0.1) is 5.92 Å². The largest absolute Gasteiger partial charge is 0.410 e. The summed E-state index contributed by atoms with van der Waals surface area (Å²) in [4.78, 5) is 11.1. The van der Waals surface area contributed by atoms with E-state index in [1.165, 1.54) is 6.20 Å². The summed E-state index contributed by atoms with van der Waals surface area (Å²) in [6.45, 7) is 1.06. The van der Waals surface area contributed by atoms with Gasteiger partial charge in [0.15, 0.2) is 0 Å². The molecule has 0 bridgehead atoms. The molecule has 2 N–H and O–H groups in total. The van der Waals surface area contributed by atoms with Crippen molar-refractivity contribution >= 4 is 5.91 Å². The topological polar surface area (TPSA) is 60.9 Å². The molecule has 0 aromatic carbocycles. The van der Waals surface area contributed by atoms with Gasteiger partial charge < -0.3 is 5.73 Å². The lowest BCUT2D eigenvalue weighted by atomic mass is 9.87. The molecule has 0 aliphatic heterocycles. The molecule has 1 aliphatic rings. The van der Waals surface area contributed by atoms with Crippen molar-refractivity contribution in [3.8, 4) is 0 Å². The van der Waals surface area contributed by atoms with Crippen molar-refractivity contribution in [1.29, 1.82) is 0 Å². The Balaban J connectivity index is 2.31. The SMILES string of the molecule is C[C@@H](n1ncc2c1CC(C(N)=O)CC2)C(F)(F)F. The second kappa shape index (κ2) is 4.29. The highest BCUT2D eigenvalue weighted by Crippen LogP contribution is 2.34. The Hall–Kier alpha value is -1.53. The molecular formula is C11H14F3N3O. The van der Waals surface area contributed by atoms with E-state index in [9.17, 15) is 18.0 Å². The molecule has 18 heavy (non-hydrogen) atoms. The van der Waals surface area contributed by atoms with Crippen LogP contribution in [0.2, 0.25) is 0 Å². The summed E-state index contributed by atoms with van der Waals surface area (Å²) < 4.78 is 39.0. The van der Waals surface area contributed by atoms with Crippen molar-refractivity contribution in [2.45, 2.75) is 38.4 Å². The Kier molecular flexibility index (Phi) is 3.08. The number of fused-ring (bicyclic) bond motifs is 1. The quantitative estimate of drug-likeness (QED) is 0.879. The van der Waals surface area contributed by atoms with Crippen LogP contribution in [0.5, 0.6) is 0 Å². The summed E-state index contributed by atoms with van der Waals surface area (Å²) in [6.07, 6.45) is -1.53. The van der Waals surface area contributed by atoms with Gasteiger partial charge >= 0.3 is 6.18 Å². The van der Waals surface area contributed by atoms with E-state index in [4.69, 9.17) is 5.73 Å².